The van der Waals surface area contributed by atoms with E-state index >= 15 is 0 Å². The van der Waals surface area contributed by atoms with Crippen LogP contribution in [0.25, 0.3) is 18.2 Å². The first-order valence-electron chi connectivity index (χ1n) is 40.1. The molecule has 636 valence electrons. The summed E-state index contributed by atoms with van der Waals surface area (Å²) >= 11 is 38.3. The summed E-state index contributed by atoms with van der Waals surface area (Å²) in [6, 6.07) is 83.2. The van der Waals surface area contributed by atoms with E-state index < -0.39 is 9.93 Å². The number of aldehydes is 1. The molecule has 0 spiro atoms. The molecule has 1 saturated heterocycles. The third-order valence-electron chi connectivity index (χ3n) is 20.0. The summed E-state index contributed by atoms with van der Waals surface area (Å²) in [6.07, 6.45) is 33.1. The molecule has 4 aliphatic carbocycles. The van der Waals surface area contributed by atoms with Crippen LogP contribution in [-0.4, -0.2) is 54.6 Å². The van der Waals surface area contributed by atoms with Gasteiger partial charge in [-0.15, -0.1) is 4.21 Å². The molecule has 1 aliphatic heterocycles. The van der Waals surface area contributed by atoms with E-state index in [1.165, 1.54) is 98.6 Å². The zero-order chi connectivity index (χ0) is 87.6. The van der Waals surface area contributed by atoms with Crippen molar-refractivity contribution in [2.24, 2.45) is 5.92 Å². The van der Waals surface area contributed by atoms with Gasteiger partial charge in [0.1, 0.15) is 36.6 Å². The maximum atomic E-state index is 11.9. The molecular formula is C102H101Br11INaO6S. The number of halogens is 12. The number of aryl methyl sites for hydroxylation is 6. The fraction of sp³-hybridized carbons (Fsp3) is 0.235. The van der Waals surface area contributed by atoms with Crippen LogP contribution < -0.4 is 53.5 Å². The van der Waals surface area contributed by atoms with Gasteiger partial charge in [0.05, 0.1) is 22.1 Å². The second-order valence-electron chi connectivity index (χ2n) is 30.3. The van der Waals surface area contributed by atoms with Crippen LogP contribution in [0.4, 0.5) is 0 Å². The molecule has 16 rings (SSSR count). The first-order chi connectivity index (χ1) is 57.9. The van der Waals surface area contributed by atoms with E-state index in [4.69, 9.17) is 7.71 Å². The fourth-order valence-electron chi connectivity index (χ4n) is 13.8. The standard InChI is InChI=1S/C18H18Br2O.C18H16Br2.C18H12Br2.C17H16Br2O.C17H12Br2O.C7H5BrO.C3H9OS.C3H6O.CH4.HI.Na.H2.H/c19-16-5-1-14(2-6-16)9-11-18(13-21-18)12-10-15-3-7-17(20)8-4-15;2*19-14-7-5-11-1-3-13-4-2-12-6-8-15(20)10-17(12)18(13)16(11)9-14;2*18-15-7-1-13(2-8-15)5-11-17(20)12-6-14-3-9-16(19)10-4-14;8-7-3-1-6(5-9)2-4-7;1-5(2,3)4;1-3(2)4;;;;;/h1-8H,9-13H2;5-10,13,18H,1-4H2;1,3-10,18H,2H2;1-4,7-10H,5-6,11-12H2;1-12H;1-5H;1-3H3;1-2H3;1H4;1H;;1H;/q;;;;;;+1;;;;+1;;-1/p-1/b;;;;11-5+,12-6+;;;;;;;;/i;;;;;;;;;;;1+1D;. The monoisotopic (exact) mass is 2470 g/mol. The molecule has 0 amide bonds. The Labute approximate surface area is 860 Å². The van der Waals surface area contributed by atoms with Crippen LogP contribution in [0.5, 0.6) is 0 Å². The first-order valence-corrected chi connectivity index (χ1v) is 50.6. The van der Waals surface area contributed by atoms with Crippen LogP contribution in [-0.2, 0) is 78.2 Å². The Balaban J connectivity index is 0.000000308. The van der Waals surface area contributed by atoms with Gasteiger partial charge >= 0.3 is 29.6 Å². The molecule has 0 saturated carbocycles. The molecule has 1 fully saturated rings. The van der Waals surface area contributed by atoms with Crippen molar-refractivity contribution in [2.45, 2.75) is 122 Å². The number of hydrogen-bond donors (Lipinski definition) is 0. The number of epoxide rings is 1. The van der Waals surface area contributed by atoms with Crippen LogP contribution in [0.3, 0.4) is 0 Å². The maximum Gasteiger partial charge on any atom is 1.00 e. The predicted octanol–water partition coefficient (Wildman–Crippen LogP) is 26.3. The molecule has 1 unspecified atom stereocenters. The summed E-state index contributed by atoms with van der Waals surface area (Å²) in [6.45, 7) is 3.97. The summed E-state index contributed by atoms with van der Waals surface area (Å²) in [7, 11) is -1.42. The van der Waals surface area contributed by atoms with Gasteiger partial charge in [-0.25, -0.2) is 0 Å². The Hall–Kier alpha value is -3.82. The molecule has 1 atom stereocenters. The third kappa shape index (κ3) is 38.1. The Kier molecular flexibility index (Phi) is 47.1. The summed E-state index contributed by atoms with van der Waals surface area (Å²) in [4.78, 5) is 43.2. The zero-order valence-corrected chi connectivity index (χ0v) is 90.7. The largest absolute Gasteiger partial charge is 1.00 e. The van der Waals surface area contributed by atoms with Crippen molar-refractivity contribution >= 4 is 227 Å². The van der Waals surface area contributed by atoms with Crippen LogP contribution in [0.15, 0.2) is 322 Å². The SMILES string of the molecule is Brc1ccc(CCC2(CCc3ccc(Br)cc3)CO2)cc1.Brc1ccc2c(c1)C1C(=CCc3ccc(Br)cc31)C=C2.Brc1ccc2c(c1)C1c3cc(Br)ccc3CCC1CC2.C.CC(C)=O.C[S+](C)(C)=O.O=C(/C=C/c1ccc(Br)cc1)/C=C/c1ccc(Br)cc1.O=C(CCc1ccc(Br)cc1)CCc1ccc(Br)cc1.O=Cc1ccc(Br)cc1.[2H][2H].[H-].[I-].[Na+]. The number of allylic oxidation sites excluding steroid dienone is 5. The van der Waals surface area contributed by atoms with Crippen molar-refractivity contribution in [2.75, 3.05) is 25.4 Å². The normalized spacial score (nSPS) is 14.7. The van der Waals surface area contributed by atoms with E-state index in [1.807, 2.05) is 84.9 Å². The van der Waals surface area contributed by atoms with Gasteiger partial charge in [0, 0.05) is 82.4 Å². The summed E-state index contributed by atoms with van der Waals surface area (Å²) < 4.78 is 38.1. The number of Topliss-reactive ketones (excluding diaryl/α,β-unsaturated/α-hetero) is 2. The molecule has 1 heterocycles. The average Bonchev–Trinajstić information content (AvgIpc) is 1.23. The zero-order valence-electron chi connectivity index (χ0n) is 71.2. The molecule has 20 heteroatoms. The van der Waals surface area contributed by atoms with E-state index in [9.17, 15) is 23.4 Å². The van der Waals surface area contributed by atoms with Crippen molar-refractivity contribution in [3.8, 4) is 0 Å². The number of fused-ring (bicyclic) bond motifs is 10. The van der Waals surface area contributed by atoms with E-state index in [2.05, 4.69) is 339 Å². The minimum absolute atomic E-state index is 0. The number of carbonyl (C=O) groups is 4. The van der Waals surface area contributed by atoms with Crippen molar-refractivity contribution in [1.29, 1.82) is 0 Å². The van der Waals surface area contributed by atoms with E-state index in [0.717, 1.165) is 115 Å². The Bertz CT molecular complexity index is 5170. The average molecular weight is 2490 g/mol. The van der Waals surface area contributed by atoms with E-state index in [1.54, 1.807) is 77.5 Å². The van der Waals surface area contributed by atoms with Crippen molar-refractivity contribution < 1.29 is 86.1 Å². The van der Waals surface area contributed by atoms with Gasteiger partial charge in [-0.2, -0.15) is 0 Å². The minimum atomic E-state index is -1.42. The van der Waals surface area contributed by atoms with Gasteiger partial charge in [-0.3, -0.25) is 14.4 Å². The molecule has 0 aromatic heterocycles. The maximum absolute atomic E-state index is 11.9. The molecule has 0 N–H and O–H groups in total. The van der Waals surface area contributed by atoms with Crippen molar-refractivity contribution in [1.82, 2.24) is 0 Å². The molecule has 6 nitrogen and oxygen atoms in total. The molecule has 5 aliphatic rings. The third-order valence-corrected chi connectivity index (χ3v) is 25.7. The van der Waals surface area contributed by atoms with Crippen LogP contribution in [0.1, 0.15) is 164 Å². The molecule has 0 bridgehead atoms. The summed E-state index contributed by atoms with van der Waals surface area (Å²) in [5.41, 5.74) is 21.2. The van der Waals surface area contributed by atoms with Crippen LogP contribution in [0.2, 0.25) is 0 Å². The molecule has 122 heavy (non-hydrogen) atoms. The van der Waals surface area contributed by atoms with Gasteiger partial charge in [0.2, 0.25) is 0 Å². The quantitative estimate of drug-likeness (QED) is 0.0225. The summed E-state index contributed by atoms with van der Waals surface area (Å²) in [5.74, 6) is 2.25. The minimum Gasteiger partial charge on any atom is -1.00 e. The second kappa shape index (κ2) is 54.6. The van der Waals surface area contributed by atoms with Crippen molar-refractivity contribution in [3.05, 3.63) is 405 Å². The Morgan fingerprint density at radius 2 is 0.762 bits per heavy atom. The van der Waals surface area contributed by atoms with Gasteiger partial charge in [0.15, 0.2) is 5.78 Å². The fourth-order valence-corrected chi connectivity index (χ4v) is 17.2. The number of ketones is 3. The number of carbonyl (C=O) groups excluding carboxylic acids is 4. The predicted molar refractivity (Wildman–Crippen MR) is 548 cm³/mol. The Morgan fingerprint density at radius 3 is 1.12 bits per heavy atom. The first kappa shape index (κ1) is 105. The van der Waals surface area contributed by atoms with Crippen LogP contribution in [0, 0.1) is 5.92 Å². The van der Waals surface area contributed by atoms with Crippen molar-refractivity contribution in [3.63, 3.8) is 0 Å². The van der Waals surface area contributed by atoms with Gasteiger partial charge in [-0.1, -0.05) is 322 Å². The molecule has 0 radical (unpaired) electrons. The smallest absolute Gasteiger partial charge is 1.00 e. The van der Waals surface area contributed by atoms with Gasteiger partial charge in [0.25, 0.3) is 0 Å². The summed E-state index contributed by atoms with van der Waals surface area (Å²) in [5, 5.41) is 0. The number of rotatable bonds is 17. The number of benzene rings is 11. The van der Waals surface area contributed by atoms with E-state index in [-0.39, 0.29) is 79.6 Å². The van der Waals surface area contributed by atoms with Gasteiger partial charge < -0.3 is 34.9 Å². The van der Waals surface area contributed by atoms with E-state index in [0.29, 0.717) is 36.0 Å². The topological polar surface area (TPSA) is 97.9 Å². The molecule has 11 aromatic rings. The molecular weight excluding hydrogens is 2380 g/mol. The van der Waals surface area contributed by atoms with Crippen LogP contribution >= 0.6 is 175 Å². The van der Waals surface area contributed by atoms with Gasteiger partial charge in [-0.05, 0) is 319 Å². The molecule has 11 aromatic carbocycles. The second-order valence-corrected chi connectivity index (χ2v) is 43.8. The Morgan fingerprint density at radius 1 is 0.451 bits per heavy atom. The number of ether oxygens (including phenoxy) is 1. The number of hydrogen-bond acceptors (Lipinski definition) is 6.